The number of hydrogen-bond acceptors (Lipinski definition) is 3. The molecule has 1 heterocycles. The molecule has 8 heteroatoms. The summed E-state index contributed by atoms with van der Waals surface area (Å²) in [6, 6.07) is 13.0. The van der Waals surface area contributed by atoms with Gasteiger partial charge < -0.3 is 20.4 Å². The fourth-order valence-electron chi connectivity index (χ4n) is 3.93. The van der Waals surface area contributed by atoms with Gasteiger partial charge in [-0.3, -0.25) is 4.79 Å². The number of rotatable bonds is 9. The van der Waals surface area contributed by atoms with Crippen LogP contribution in [0, 0.1) is 6.92 Å². The first kappa shape index (κ1) is 27.1. The van der Waals surface area contributed by atoms with Gasteiger partial charge in [0.15, 0.2) is 0 Å². The molecule has 0 aromatic heterocycles. The summed E-state index contributed by atoms with van der Waals surface area (Å²) in [5, 5.41) is 6.74. The van der Waals surface area contributed by atoms with Gasteiger partial charge in [0.05, 0.1) is 10.0 Å². The molecule has 0 atom stereocenters. The Morgan fingerprint density at radius 3 is 2.51 bits per heavy atom. The van der Waals surface area contributed by atoms with E-state index >= 15 is 0 Å². The molecule has 0 unspecified atom stereocenters. The molecule has 1 saturated heterocycles. The summed E-state index contributed by atoms with van der Waals surface area (Å²) in [6.45, 7) is 6.99. The standard InChI is InChI=1S/C27H34Cl2N4O2/c1-21-6-8-22(9-7-21)10-13-26(34)30-14-3-2-4-15-32-16-5-17-33(19-18-32)27(35)31-23-11-12-24(28)25(29)20-23/h6-13,20H,2-5,14-19H2,1H3,(H,30,34)(H,31,35)/b13-10+. The highest BCUT2D eigenvalue weighted by atomic mass is 35.5. The molecule has 2 aromatic rings. The largest absolute Gasteiger partial charge is 0.353 e. The molecule has 0 radical (unpaired) electrons. The number of unbranched alkanes of at least 4 members (excludes halogenated alkanes) is 2. The van der Waals surface area contributed by atoms with E-state index in [0.29, 0.717) is 28.8 Å². The molecule has 1 aliphatic rings. The van der Waals surface area contributed by atoms with Crippen LogP contribution in [-0.2, 0) is 4.79 Å². The Labute approximate surface area is 218 Å². The zero-order chi connectivity index (χ0) is 25.0. The second kappa shape index (κ2) is 14.1. The second-order valence-electron chi connectivity index (χ2n) is 8.84. The molecule has 35 heavy (non-hydrogen) atoms. The Hall–Kier alpha value is -2.54. The minimum absolute atomic E-state index is 0.0580. The minimum Gasteiger partial charge on any atom is -0.353 e. The number of nitrogens with zero attached hydrogens (tertiary/aromatic N) is 2. The topological polar surface area (TPSA) is 64.7 Å². The number of aryl methyl sites for hydroxylation is 1. The molecular weight excluding hydrogens is 483 g/mol. The summed E-state index contributed by atoms with van der Waals surface area (Å²) in [5.41, 5.74) is 2.87. The van der Waals surface area contributed by atoms with Gasteiger partial charge in [0, 0.05) is 37.9 Å². The summed E-state index contributed by atoms with van der Waals surface area (Å²) in [4.78, 5) is 28.9. The van der Waals surface area contributed by atoms with Crippen molar-refractivity contribution < 1.29 is 9.59 Å². The summed E-state index contributed by atoms with van der Waals surface area (Å²) >= 11 is 12.0. The summed E-state index contributed by atoms with van der Waals surface area (Å²) < 4.78 is 0. The van der Waals surface area contributed by atoms with Gasteiger partial charge in [-0.05, 0) is 69.1 Å². The number of halogens is 2. The monoisotopic (exact) mass is 516 g/mol. The predicted octanol–water partition coefficient (Wildman–Crippen LogP) is 5.84. The van der Waals surface area contributed by atoms with Gasteiger partial charge in [0.1, 0.15) is 0 Å². The van der Waals surface area contributed by atoms with Crippen LogP contribution in [0.15, 0.2) is 48.5 Å². The third-order valence-corrected chi connectivity index (χ3v) is 6.74. The van der Waals surface area contributed by atoms with Gasteiger partial charge in [-0.25, -0.2) is 4.79 Å². The molecule has 1 fully saturated rings. The zero-order valence-corrected chi connectivity index (χ0v) is 21.7. The molecule has 2 aromatic carbocycles. The Morgan fingerprint density at radius 2 is 1.74 bits per heavy atom. The predicted molar refractivity (Wildman–Crippen MR) is 145 cm³/mol. The Bertz CT molecular complexity index is 1010. The van der Waals surface area contributed by atoms with Crippen LogP contribution in [0.25, 0.3) is 6.08 Å². The molecule has 2 N–H and O–H groups in total. The molecule has 188 valence electrons. The molecule has 0 bridgehead atoms. The molecule has 0 aliphatic carbocycles. The van der Waals surface area contributed by atoms with E-state index in [-0.39, 0.29) is 11.9 Å². The number of nitrogens with one attached hydrogen (secondary N) is 2. The van der Waals surface area contributed by atoms with Gasteiger partial charge >= 0.3 is 6.03 Å². The first-order valence-corrected chi connectivity index (χ1v) is 12.9. The quantitative estimate of drug-likeness (QED) is 0.325. The van der Waals surface area contributed by atoms with Crippen molar-refractivity contribution in [2.75, 3.05) is 44.6 Å². The van der Waals surface area contributed by atoms with Gasteiger partial charge in [-0.15, -0.1) is 0 Å². The molecule has 1 aliphatic heterocycles. The van der Waals surface area contributed by atoms with Gasteiger partial charge in [0.2, 0.25) is 5.91 Å². The Morgan fingerprint density at radius 1 is 0.943 bits per heavy atom. The lowest BCUT2D eigenvalue weighted by atomic mass is 10.1. The van der Waals surface area contributed by atoms with Crippen LogP contribution in [0.5, 0.6) is 0 Å². The van der Waals surface area contributed by atoms with Crippen LogP contribution in [-0.4, -0.2) is 61.0 Å². The number of hydrogen-bond donors (Lipinski definition) is 2. The third kappa shape index (κ3) is 9.55. The lowest BCUT2D eigenvalue weighted by Gasteiger charge is -2.22. The highest BCUT2D eigenvalue weighted by Crippen LogP contribution is 2.25. The van der Waals surface area contributed by atoms with Crippen LogP contribution in [0.2, 0.25) is 10.0 Å². The molecular formula is C27H34Cl2N4O2. The van der Waals surface area contributed by atoms with E-state index in [1.807, 2.05) is 42.2 Å². The van der Waals surface area contributed by atoms with Crippen LogP contribution in [0.4, 0.5) is 10.5 Å². The van der Waals surface area contributed by atoms with E-state index in [1.54, 1.807) is 24.3 Å². The number of anilines is 1. The minimum atomic E-state index is -0.114. The number of carbonyl (C=O) groups is 2. The number of benzene rings is 2. The molecule has 0 spiro atoms. The van der Waals surface area contributed by atoms with Crippen molar-refractivity contribution in [3.63, 3.8) is 0 Å². The Balaban J connectivity index is 1.28. The van der Waals surface area contributed by atoms with Crippen molar-refractivity contribution in [3.8, 4) is 0 Å². The van der Waals surface area contributed by atoms with Crippen molar-refractivity contribution in [2.45, 2.75) is 32.6 Å². The first-order valence-electron chi connectivity index (χ1n) is 12.2. The van der Waals surface area contributed by atoms with Crippen LogP contribution in [0.1, 0.15) is 36.8 Å². The highest BCUT2D eigenvalue weighted by Gasteiger charge is 2.19. The van der Waals surface area contributed by atoms with Crippen LogP contribution >= 0.6 is 23.2 Å². The second-order valence-corrected chi connectivity index (χ2v) is 9.65. The smallest absolute Gasteiger partial charge is 0.321 e. The summed E-state index contributed by atoms with van der Waals surface area (Å²) in [6.07, 6.45) is 7.45. The van der Waals surface area contributed by atoms with E-state index in [2.05, 4.69) is 15.5 Å². The molecule has 3 rings (SSSR count). The van der Waals surface area contributed by atoms with E-state index < -0.39 is 0 Å². The van der Waals surface area contributed by atoms with Gasteiger partial charge in [-0.2, -0.15) is 0 Å². The maximum atomic E-state index is 12.6. The van der Waals surface area contributed by atoms with Crippen molar-refractivity contribution in [3.05, 3.63) is 69.7 Å². The Kier molecular flexibility index (Phi) is 10.9. The SMILES string of the molecule is Cc1ccc(/C=C/C(=O)NCCCCCN2CCCN(C(=O)Nc3ccc(Cl)c(Cl)c3)CC2)cc1. The van der Waals surface area contributed by atoms with Crippen molar-refractivity contribution in [1.29, 1.82) is 0 Å². The summed E-state index contributed by atoms with van der Waals surface area (Å²) in [5.74, 6) is -0.0580. The number of urea groups is 1. The first-order chi connectivity index (χ1) is 16.9. The maximum Gasteiger partial charge on any atom is 0.321 e. The lowest BCUT2D eigenvalue weighted by molar-refractivity contribution is -0.116. The third-order valence-electron chi connectivity index (χ3n) is 6.00. The summed E-state index contributed by atoms with van der Waals surface area (Å²) in [7, 11) is 0. The molecule has 6 nitrogen and oxygen atoms in total. The van der Waals surface area contributed by atoms with E-state index in [4.69, 9.17) is 23.2 Å². The van der Waals surface area contributed by atoms with Crippen LogP contribution in [0.3, 0.4) is 0 Å². The normalized spacial score (nSPS) is 14.7. The maximum absolute atomic E-state index is 12.6. The van der Waals surface area contributed by atoms with E-state index in [9.17, 15) is 9.59 Å². The number of carbonyl (C=O) groups excluding carboxylic acids is 2. The lowest BCUT2D eigenvalue weighted by Crippen LogP contribution is -2.38. The van der Waals surface area contributed by atoms with Crippen molar-refractivity contribution in [2.24, 2.45) is 0 Å². The van der Waals surface area contributed by atoms with Crippen molar-refractivity contribution in [1.82, 2.24) is 15.1 Å². The van der Waals surface area contributed by atoms with Crippen LogP contribution < -0.4 is 10.6 Å². The number of amides is 3. The molecule has 3 amide bonds. The average molecular weight is 518 g/mol. The van der Waals surface area contributed by atoms with E-state index in [1.165, 1.54) is 5.56 Å². The highest BCUT2D eigenvalue weighted by molar-refractivity contribution is 6.42. The van der Waals surface area contributed by atoms with Gasteiger partial charge in [0.25, 0.3) is 0 Å². The van der Waals surface area contributed by atoms with Gasteiger partial charge in [-0.1, -0.05) is 59.5 Å². The van der Waals surface area contributed by atoms with E-state index in [0.717, 1.165) is 57.4 Å². The average Bonchev–Trinajstić information content (AvgIpc) is 3.09. The zero-order valence-electron chi connectivity index (χ0n) is 20.2. The fraction of sp³-hybridized carbons (Fsp3) is 0.407. The molecule has 0 saturated carbocycles. The fourth-order valence-corrected chi connectivity index (χ4v) is 4.23. The van der Waals surface area contributed by atoms with Crippen molar-refractivity contribution >= 4 is 46.9 Å².